The van der Waals surface area contributed by atoms with Crippen molar-refractivity contribution in [3.05, 3.63) is 213 Å². The minimum Gasteiger partial charge on any atom is -0.309 e. The Morgan fingerprint density at radius 1 is 0.358 bits per heavy atom. The van der Waals surface area contributed by atoms with E-state index in [-0.39, 0.29) is 5.41 Å². The molecule has 0 radical (unpaired) electrons. The van der Waals surface area contributed by atoms with Gasteiger partial charge in [-0.1, -0.05) is 142 Å². The molecule has 0 fully saturated rings. The van der Waals surface area contributed by atoms with Gasteiger partial charge in [0.25, 0.3) is 0 Å². The van der Waals surface area contributed by atoms with Crippen molar-refractivity contribution in [1.82, 2.24) is 0 Å². The van der Waals surface area contributed by atoms with Gasteiger partial charge in [0.05, 0.1) is 22.7 Å². The highest BCUT2D eigenvalue weighted by molar-refractivity contribution is 6.29. The first kappa shape index (κ1) is 42.5. The molecule has 67 heavy (non-hydrogen) atoms. The largest absolute Gasteiger partial charge is 0.309 e. The Bertz CT molecular complexity index is 3370. The van der Waals surface area contributed by atoms with Gasteiger partial charge >= 0.3 is 0 Å². The quantitative estimate of drug-likeness (QED) is 0.163. The smallest absolute Gasteiger partial charge is 0.0561 e. The molecule has 10 aromatic rings. The van der Waals surface area contributed by atoms with Crippen LogP contribution in [0.2, 0.25) is 0 Å². The summed E-state index contributed by atoms with van der Waals surface area (Å²) >= 11 is 0. The molecule has 0 aromatic heterocycles. The van der Waals surface area contributed by atoms with E-state index in [0.29, 0.717) is 0 Å². The lowest BCUT2D eigenvalue weighted by Crippen LogP contribution is -2.20. The van der Waals surface area contributed by atoms with E-state index in [0.717, 1.165) is 6.42 Å². The second-order valence-corrected chi connectivity index (χ2v) is 20.7. The van der Waals surface area contributed by atoms with Crippen LogP contribution in [0.15, 0.2) is 152 Å². The van der Waals surface area contributed by atoms with Crippen LogP contribution in [-0.2, 0) is 11.8 Å². The van der Waals surface area contributed by atoms with Crippen molar-refractivity contribution in [2.45, 2.75) is 88.0 Å². The number of fused-ring (bicyclic) bond motifs is 6. The fourth-order valence-electron chi connectivity index (χ4n) is 11.3. The summed E-state index contributed by atoms with van der Waals surface area (Å²) in [5.74, 6) is 0. The third-order valence-corrected chi connectivity index (χ3v) is 14.8. The van der Waals surface area contributed by atoms with Crippen LogP contribution in [0, 0.1) is 55.4 Å². The molecule has 2 heteroatoms. The van der Waals surface area contributed by atoms with Gasteiger partial charge in [0.2, 0.25) is 0 Å². The molecule has 1 aliphatic heterocycles. The Morgan fingerprint density at radius 3 is 1.21 bits per heavy atom. The van der Waals surface area contributed by atoms with Crippen molar-refractivity contribution in [3.8, 4) is 22.3 Å². The first-order chi connectivity index (χ1) is 32.1. The molecule has 330 valence electrons. The van der Waals surface area contributed by atoms with Gasteiger partial charge < -0.3 is 9.80 Å². The molecule has 0 saturated heterocycles. The summed E-state index contributed by atoms with van der Waals surface area (Å²) in [4.78, 5) is 5.25. The fourth-order valence-corrected chi connectivity index (χ4v) is 11.3. The predicted molar refractivity (Wildman–Crippen MR) is 290 cm³/mol. The lowest BCUT2D eigenvalue weighted by Gasteiger charge is -2.37. The zero-order valence-electron chi connectivity index (χ0n) is 41.0. The number of anilines is 6. The van der Waals surface area contributed by atoms with E-state index in [2.05, 4.69) is 238 Å². The van der Waals surface area contributed by atoms with Crippen molar-refractivity contribution in [1.29, 1.82) is 0 Å². The molecule has 0 aliphatic carbocycles. The summed E-state index contributed by atoms with van der Waals surface area (Å²) in [6, 6.07) is 58.9. The molecule has 0 unspecified atom stereocenters. The van der Waals surface area contributed by atoms with Crippen molar-refractivity contribution in [2.24, 2.45) is 0 Å². The van der Waals surface area contributed by atoms with Crippen LogP contribution in [0.4, 0.5) is 34.1 Å². The van der Waals surface area contributed by atoms with Gasteiger partial charge in [-0.3, -0.25) is 0 Å². The lowest BCUT2D eigenvalue weighted by atomic mass is 9.83. The van der Waals surface area contributed by atoms with Crippen molar-refractivity contribution in [2.75, 3.05) is 9.80 Å². The molecular weight excluding hydrogens is 809 g/mol. The highest BCUT2D eigenvalue weighted by atomic mass is 15.2. The van der Waals surface area contributed by atoms with Gasteiger partial charge in [-0.2, -0.15) is 0 Å². The third-order valence-electron chi connectivity index (χ3n) is 14.8. The van der Waals surface area contributed by atoms with E-state index < -0.39 is 0 Å². The molecular formula is C65H60N2. The maximum Gasteiger partial charge on any atom is 0.0561 e. The van der Waals surface area contributed by atoms with E-state index in [1.165, 1.54) is 150 Å². The molecule has 1 aliphatic rings. The second kappa shape index (κ2) is 15.7. The SMILES string of the molecule is Cc1ccc(C)c(N2c3cc(-c4c(C)cccc4C)ccc3Cc3ccc(-c4c(C)cccc4C)cc3N(c3cc(C)ccc3C)c3cc2c2ccc4cc(C(C)(C)C)cc5ccc3c2c45)c1. The van der Waals surface area contributed by atoms with Crippen molar-refractivity contribution < 1.29 is 0 Å². The van der Waals surface area contributed by atoms with E-state index in [1.807, 2.05) is 0 Å². The third kappa shape index (κ3) is 7.00. The average molecular weight is 869 g/mol. The van der Waals surface area contributed by atoms with Crippen molar-refractivity contribution in [3.63, 3.8) is 0 Å². The van der Waals surface area contributed by atoms with Crippen LogP contribution in [0.5, 0.6) is 0 Å². The maximum atomic E-state index is 2.63. The van der Waals surface area contributed by atoms with E-state index in [4.69, 9.17) is 0 Å². The van der Waals surface area contributed by atoms with E-state index >= 15 is 0 Å². The Hall–Kier alpha value is -7.16. The second-order valence-electron chi connectivity index (χ2n) is 20.7. The van der Waals surface area contributed by atoms with Crippen LogP contribution in [0.25, 0.3) is 54.6 Å². The number of hydrogen-bond acceptors (Lipinski definition) is 2. The van der Waals surface area contributed by atoms with E-state index in [9.17, 15) is 0 Å². The van der Waals surface area contributed by atoms with Crippen LogP contribution >= 0.6 is 0 Å². The monoisotopic (exact) mass is 868 g/mol. The average Bonchev–Trinajstić information content (AvgIpc) is 3.29. The van der Waals surface area contributed by atoms with Crippen molar-refractivity contribution >= 4 is 66.4 Å². The molecule has 2 nitrogen and oxygen atoms in total. The van der Waals surface area contributed by atoms with Crippen LogP contribution in [0.1, 0.15) is 82.0 Å². The highest BCUT2D eigenvalue weighted by Crippen LogP contribution is 2.54. The number of nitrogens with zero attached hydrogens (tertiary/aromatic N) is 2. The topological polar surface area (TPSA) is 6.48 Å². The van der Waals surface area contributed by atoms with Gasteiger partial charge in [0.1, 0.15) is 0 Å². The standard InChI is InChI=1S/C65H60N2/c1-38-18-20-40(3)55(30-38)66-57-35-50(61-42(5)14-12-15-43(61)6)24-22-46(57)32-47-23-25-51(62-44(7)16-13-17-45(62)8)36-58(47)67(56-31-39(2)19-21-41(56)4)60-37-59(66)53-28-26-48-33-52(65(9,10)11)34-49-27-29-54(60)64(53)63(48)49/h12-31,33-37H,32H2,1-11H3. The molecule has 0 amide bonds. The summed E-state index contributed by atoms with van der Waals surface area (Å²) in [6.45, 7) is 25.0. The minimum absolute atomic E-state index is 0.00449. The van der Waals surface area contributed by atoms with Gasteiger partial charge in [-0.15, -0.1) is 0 Å². The molecule has 0 atom stereocenters. The van der Waals surface area contributed by atoms with Gasteiger partial charge in [-0.05, 0) is 191 Å². The zero-order chi connectivity index (χ0) is 46.6. The molecule has 2 bridgehead atoms. The fraction of sp³-hybridized carbons (Fsp3) is 0.200. The first-order valence-corrected chi connectivity index (χ1v) is 24.0. The van der Waals surface area contributed by atoms with Crippen LogP contribution < -0.4 is 9.80 Å². The molecule has 0 spiro atoms. The number of rotatable bonds is 4. The number of aryl methyl sites for hydroxylation is 8. The van der Waals surface area contributed by atoms with Gasteiger partial charge in [0, 0.05) is 34.0 Å². The molecule has 0 N–H and O–H groups in total. The number of benzene rings is 10. The molecule has 1 heterocycles. The Morgan fingerprint density at radius 2 is 0.791 bits per heavy atom. The van der Waals surface area contributed by atoms with Crippen LogP contribution in [-0.4, -0.2) is 0 Å². The normalized spacial score (nSPS) is 12.9. The Labute approximate surface area is 397 Å². The zero-order valence-corrected chi connectivity index (χ0v) is 41.0. The number of hydrogen-bond donors (Lipinski definition) is 0. The maximum absolute atomic E-state index is 2.63. The van der Waals surface area contributed by atoms with E-state index in [1.54, 1.807) is 0 Å². The Balaban J connectivity index is 1.36. The lowest BCUT2D eigenvalue weighted by molar-refractivity contribution is 0.591. The summed E-state index contributed by atoms with van der Waals surface area (Å²) in [5, 5.41) is 7.67. The summed E-state index contributed by atoms with van der Waals surface area (Å²) in [7, 11) is 0. The minimum atomic E-state index is 0.00449. The summed E-state index contributed by atoms with van der Waals surface area (Å²) in [6.07, 6.45) is 0.740. The van der Waals surface area contributed by atoms with Gasteiger partial charge in [0.15, 0.2) is 0 Å². The first-order valence-electron chi connectivity index (χ1n) is 24.0. The predicted octanol–water partition coefficient (Wildman–Crippen LogP) is 18.5. The highest BCUT2D eigenvalue weighted by Gasteiger charge is 2.31. The molecule has 0 saturated carbocycles. The summed E-state index contributed by atoms with van der Waals surface area (Å²) in [5.41, 5.74) is 26.2. The summed E-state index contributed by atoms with van der Waals surface area (Å²) < 4.78 is 0. The van der Waals surface area contributed by atoms with Crippen LogP contribution in [0.3, 0.4) is 0 Å². The molecule has 10 aromatic carbocycles. The van der Waals surface area contributed by atoms with Gasteiger partial charge in [-0.25, -0.2) is 0 Å². The molecule has 11 rings (SSSR count). The Kier molecular flexibility index (Phi) is 9.98.